The Morgan fingerprint density at radius 2 is 1.74 bits per heavy atom. The fourth-order valence-corrected chi connectivity index (χ4v) is 2.96. The summed E-state index contributed by atoms with van der Waals surface area (Å²) in [5.41, 5.74) is 1.74. The van der Waals surface area contributed by atoms with Crippen LogP contribution in [0, 0.1) is 6.92 Å². The Labute approximate surface area is 180 Å². The molecule has 160 valence electrons. The van der Waals surface area contributed by atoms with E-state index in [4.69, 9.17) is 9.15 Å². The number of esters is 1. The first-order valence-corrected chi connectivity index (χ1v) is 10.1. The largest absolute Gasteiger partial charge is 0.449 e. The zero-order valence-electron chi connectivity index (χ0n) is 17.7. The number of Topliss-reactive ketones (excluding diaryl/α,β-unsaturated/α-hetero) is 1. The first-order chi connectivity index (χ1) is 14.9. The molecule has 7 heteroatoms. The Balaban J connectivity index is 1.65. The average Bonchev–Trinajstić information content (AvgIpc) is 3.16. The summed E-state index contributed by atoms with van der Waals surface area (Å²) in [7, 11) is 0. The van der Waals surface area contributed by atoms with E-state index < -0.39 is 12.1 Å². The fourth-order valence-electron chi connectivity index (χ4n) is 2.96. The number of ketones is 1. The summed E-state index contributed by atoms with van der Waals surface area (Å²) in [6.07, 6.45) is 0.175. The molecule has 0 aliphatic carbocycles. The molecule has 1 amide bonds. The quantitative estimate of drug-likeness (QED) is 0.414. The molecule has 2 aromatic carbocycles. The SMILES string of the molecule is CCCC(=O)Nc1ccc(C(=O)[C@H](C)OC(=O)c2nc(-c3ccccc3)oc2C)cc1. The van der Waals surface area contributed by atoms with Crippen LogP contribution in [0.15, 0.2) is 59.0 Å². The molecule has 1 aromatic heterocycles. The normalized spacial score (nSPS) is 11.6. The minimum atomic E-state index is -1.01. The van der Waals surface area contributed by atoms with Gasteiger partial charge in [0.25, 0.3) is 0 Å². The van der Waals surface area contributed by atoms with E-state index in [1.807, 2.05) is 37.3 Å². The maximum absolute atomic E-state index is 12.7. The third kappa shape index (κ3) is 5.45. The maximum Gasteiger partial charge on any atom is 0.361 e. The summed E-state index contributed by atoms with van der Waals surface area (Å²) >= 11 is 0. The molecule has 0 bridgehead atoms. The molecule has 0 spiro atoms. The molecule has 0 fully saturated rings. The molecule has 1 atom stereocenters. The smallest absolute Gasteiger partial charge is 0.361 e. The van der Waals surface area contributed by atoms with E-state index in [-0.39, 0.29) is 17.4 Å². The van der Waals surface area contributed by atoms with Gasteiger partial charge in [-0.1, -0.05) is 25.1 Å². The Bertz CT molecular complexity index is 1070. The summed E-state index contributed by atoms with van der Waals surface area (Å²) < 4.78 is 10.9. The highest BCUT2D eigenvalue weighted by Crippen LogP contribution is 2.22. The third-order valence-electron chi connectivity index (χ3n) is 4.59. The standard InChI is InChI=1S/C24H24N2O5/c1-4-8-20(27)25-19-13-11-17(12-14-19)22(28)16(3)31-24(29)21-15(2)30-23(26-21)18-9-6-5-7-10-18/h5-7,9-14,16H,4,8H2,1-3H3,(H,25,27)/t16-/m0/s1. The molecule has 0 saturated carbocycles. The van der Waals surface area contributed by atoms with Crippen LogP contribution in [0.4, 0.5) is 5.69 Å². The van der Waals surface area contributed by atoms with E-state index in [1.54, 1.807) is 31.2 Å². The van der Waals surface area contributed by atoms with E-state index in [9.17, 15) is 14.4 Å². The fraction of sp³-hybridized carbons (Fsp3) is 0.250. The van der Waals surface area contributed by atoms with Crippen molar-refractivity contribution in [3.05, 3.63) is 71.6 Å². The minimum absolute atomic E-state index is 0.0347. The lowest BCUT2D eigenvalue weighted by Crippen LogP contribution is -2.25. The van der Waals surface area contributed by atoms with Crippen LogP contribution in [0.5, 0.6) is 0 Å². The van der Waals surface area contributed by atoms with Crippen molar-refractivity contribution >= 4 is 23.3 Å². The van der Waals surface area contributed by atoms with Gasteiger partial charge < -0.3 is 14.5 Å². The van der Waals surface area contributed by atoms with E-state index in [1.165, 1.54) is 6.92 Å². The van der Waals surface area contributed by atoms with Gasteiger partial charge in [-0.3, -0.25) is 9.59 Å². The predicted molar refractivity (Wildman–Crippen MR) is 116 cm³/mol. The molecule has 1 N–H and O–H groups in total. The van der Waals surface area contributed by atoms with Gasteiger partial charge in [0.2, 0.25) is 17.6 Å². The van der Waals surface area contributed by atoms with Crippen LogP contribution in [-0.2, 0) is 9.53 Å². The summed E-state index contributed by atoms with van der Waals surface area (Å²) in [6.45, 7) is 5.05. The number of hydrogen-bond donors (Lipinski definition) is 1. The number of anilines is 1. The lowest BCUT2D eigenvalue weighted by molar-refractivity contribution is -0.116. The molecular weight excluding hydrogens is 396 g/mol. The molecule has 0 saturated heterocycles. The van der Waals surface area contributed by atoms with Crippen LogP contribution in [0.3, 0.4) is 0 Å². The first-order valence-electron chi connectivity index (χ1n) is 10.1. The van der Waals surface area contributed by atoms with Gasteiger partial charge >= 0.3 is 5.97 Å². The number of carbonyl (C=O) groups excluding carboxylic acids is 3. The highest BCUT2D eigenvalue weighted by Gasteiger charge is 2.25. The van der Waals surface area contributed by atoms with Gasteiger partial charge in [0, 0.05) is 23.2 Å². The third-order valence-corrected chi connectivity index (χ3v) is 4.59. The van der Waals surface area contributed by atoms with Crippen molar-refractivity contribution in [1.29, 1.82) is 0 Å². The highest BCUT2D eigenvalue weighted by molar-refractivity contribution is 6.02. The topological polar surface area (TPSA) is 98.5 Å². The lowest BCUT2D eigenvalue weighted by Gasteiger charge is -2.12. The van der Waals surface area contributed by atoms with E-state index in [2.05, 4.69) is 10.3 Å². The second-order valence-electron chi connectivity index (χ2n) is 7.08. The van der Waals surface area contributed by atoms with Crippen LogP contribution in [0.2, 0.25) is 0 Å². The summed E-state index contributed by atoms with van der Waals surface area (Å²) in [4.78, 5) is 41.1. The van der Waals surface area contributed by atoms with Crippen LogP contribution in [0.1, 0.15) is 53.3 Å². The molecule has 0 aliphatic heterocycles. The number of carbonyl (C=O) groups is 3. The minimum Gasteiger partial charge on any atom is -0.449 e. The molecule has 1 heterocycles. The zero-order valence-corrected chi connectivity index (χ0v) is 17.7. The molecule has 0 radical (unpaired) electrons. The highest BCUT2D eigenvalue weighted by atomic mass is 16.5. The first kappa shape index (κ1) is 22.0. The molecule has 3 aromatic rings. The number of aromatic nitrogens is 1. The van der Waals surface area contributed by atoms with Crippen LogP contribution < -0.4 is 5.32 Å². The van der Waals surface area contributed by atoms with Crippen LogP contribution in [-0.4, -0.2) is 28.7 Å². The number of rotatable bonds is 8. The van der Waals surface area contributed by atoms with E-state index in [0.717, 1.165) is 12.0 Å². The van der Waals surface area contributed by atoms with Gasteiger partial charge in [-0.05, 0) is 56.7 Å². The number of nitrogens with zero attached hydrogens (tertiary/aromatic N) is 1. The van der Waals surface area contributed by atoms with Crippen molar-refractivity contribution in [1.82, 2.24) is 4.98 Å². The second-order valence-corrected chi connectivity index (χ2v) is 7.08. The molecule has 7 nitrogen and oxygen atoms in total. The number of oxazole rings is 1. The number of ether oxygens (including phenoxy) is 1. The maximum atomic E-state index is 12.7. The second kappa shape index (κ2) is 9.84. The Hall–Kier alpha value is -3.74. The molecular formula is C24H24N2O5. The van der Waals surface area contributed by atoms with Gasteiger partial charge in [-0.2, -0.15) is 0 Å². The van der Waals surface area contributed by atoms with Crippen molar-refractivity contribution in [3.63, 3.8) is 0 Å². The van der Waals surface area contributed by atoms with Gasteiger partial charge in [0.1, 0.15) is 5.76 Å². The van der Waals surface area contributed by atoms with Gasteiger partial charge in [-0.25, -0.2) is 9.78 Å². The van der Waals surface area contributed by atoms with Crippen molar-refractivity contribution in [2.75, 3.05) is 5.32 Å². The Morgan fingerprint density at radius 1 is 1.06 bits per heavy atom. The number of amides is 1. The zero-order chi connectivity index (χ0) is 22.4. The summed E-state index contributed by atoms with van der Waals surface area (Å²) in [5.74, 6) is -0.543. The number of nitrogens with one attached hydrogen (secondary N) is 1. The van der Waals surface area contributed by atoms with Crippen molar-refractivity contribution in [3.8, 4) is 11.5 Å². The molecule has 3 rings (SSSR count). The predicted octanol–water partition coefficient (Wildman–Crippen LogP) is 4.82. The van der Waals surface area contributed by atoms with Crippen LogP contribution in [0.25, 0.3) is 11.5 Å². The summed E-state index contributed by atoms with van der Waals surface area (Å²) in [6, 6.07) is 15.6. The number of benzene rings is 2. The van der Waals surface area contributed by atoms with Crippen molar-refractivity contribution in [2.24, 2.45) is 0 Å². The monoisotopic (exact) mass is 420 g/mol. The molecule has 0 aliphatic rings. The number of aryl methyl sites for hydroxylation is 1. The van der Waals surface area contributed by atoms with Crippen molar-refractivity contribution in [2.45, 2.75) is 39.7 Å². The Morgan fingerprint density at radius 3 is 2.39 bits per heavy atom. The average molecular weight is 420 g/mol. The molecule has 31 heavy (non-hydrogen) atoms. The van der Waals surface area contributed by atoms with Crippen LogP contribution >= 0.6 is 0 Å². The molecule has 0 unspecified atom stereocenters. The van der Waals surface area contributed by atoms with E-state index in [0.29, 0.717) is 29.3 Å². The number of hydrogen-bond acceptors (Lipinski definition) is 6. The van der Waals surface area contributed by atoms with Gasteiger partial charge in [0.15, 0.2) is 11.8 Å². The Kier molecular flexibility index (Phi) is 6.97. The lowest BCUT2D eigenvalue weighted by atomic mass is 10.1. The summed E-state index contributed by atoms with van der Waals surface area (Å²) in [5, 5.41) is 2.76. The van der Waals surface area contributed by atoms with Gasteiger partial charge in [0.05, 0.1) is 0 Å². The van der Waals surface area contributed by atoms with Gasteiger partial charge in [-0.15, -0.1) is 0 Å². The van der Waals surface area contributed by atoms with E-state index >= 15 is 0 Å². The van der Waals surface area contributed by atoms with Crippen molar-refractivity contribution < 1.29 is 23.5 Å².